The van der Waals surface area contributed by atoms with Crippen molar-refractivity contribution in [1.29, 1.82) is 0 Å². The van der Waals surface area contributed by atoms with E-state index in [1.807, 2.05) is 36.4 Å². The average molecular weight is 388 g/mol. The van der Waals surface area contributed by atoms with Crippen molar-refractivity contribution >= 4 is 44.5 Å². The lowest BCUT2D eigenvalue weighted by molar-refractivity contribution is 0.619. The van der Waals surface area contributed by atoms with Crippen molar-refractivity contribution in [1.82, 2.24) is 9.55 Å². The number of aromatic nitrogens is 2. The summed E-state index contributed by atoms with van der Waals surface area (Å²) >= 11 is 5.20. The largest absolute Gasteiger partial charge is 0.353 e. The third kappa shape index (κ3) is 2.77. The lowest BCUT2D eigenvalue weighted by atomic mass is 10.2. The second-order valence-corrected chi connectivity index (χ2v) is 7.44. The van der Waals surface area contributed by atoms with Gasteiger partial charge in [-0.05, 0) is 36.4 Å². The predicted octanol–water partition coefficient (Wildman–Crippen LogP) is 3.92. The Morgan fingerprint density at radius 3 is 2.83 bits per heavy atom. The van der Waals surface area contributed by atoms with Gasteiger partial charge in [0.2, 0.25) is 5.95 Å². The molecule has 1 N–H and O–H groups in total. The smallest absolute Gasteiger partial charge is 0.263 e. The molecule has 0 saturated heterocycles. The Morgan fingerprint density at radius 2 is 2.00 bits per heavy atom. The molecular formula is C17H14BrN3OS. The van der Waals surface area contributed by atoms with Gasteiger partial charge in [-0.25, -0.2) is 4.98 Å². The molecule has 6 heteroatoms. The van der Waals surface area contributed by atoms with Crippen molar-refractivity contribution in [2.75, 3.05) is 17.6 Å². The van der Waals surface area contributed by atoms with E-state index in [1.54, 1.807) is 16.3 Å². The van der Waals surface area contributed by atoms with Gasteiger partial charge in [-0.1, -0.05) is 28.1 Å². The molecule has 0 unspecified atom stereocenters. The van der Waals surface area contributed by atoms with Gasteiger partial charge in [-0.2, -0.15) is 0 Å². The second-order valence-electron chi connectivity index (χ2n) is 5.43. The lowest BCUT2D eigenvalue weighted by Gasteiger charge is -2.13. The van der Waals surface area contributed by atoms with Crippen molar-refractivity contribution in [3.63, 3.8) is 0 Å². The Kier molecular flexibility index (Phi) is 3.87. The normalized spacial score (nSPS) is 16.3. The van der Waals surface area contributed by atoms with Gasteiger partial charge in [0.1, 0.15) is 0 Å². The minimum absolute atomic E-state index is 0.0389. The Hall–Kier alpha value is -1.79. The molecule has 0 saturated carbocycles. The van der Waals surface area contributed by atoms with Crippen LogP contribution in [0.5, 0.6) is 0 Å². The number of halogens is 1. The number of hydrogen-bond acceptors (Lipinski definition) is 4. The van der Waals surface area contributed by atoms with Crippen LogP contribution in [0, 0.1) is 0 Å². The molecular weight excluding hydrogens is 374 g/mol. The first kappa shape index (κ1) is 14.8. The summed E-state index contributed by atoms with van der Waals surface area (Å²) in [5, 5.41) is 3.94. The number of nitrogens with zero attached hydrogens (tertiary/aromatic N) is 2. The molecule has 1 aromatic heterocycles. The maximum Gasteiger partial charge on any atom is 0.263 e. The summed E-state index contributed by atoms with van der Waals surface area (Å²) in [7, 11) is 0. The molecule has 0 spiro atoms. The van der Waals surface area contributed by atoms with E-state index in [-0.39, 0.29) is 11.6 Å². The van der Waals surface area contributed by atoms with Crippen LogP contribution >= 0.6 is 27.7 Å². The van der Waals surface area contributed by atoms with E-state index in [0.717, 1.165) is 22.3 Å². The standard InChI is InChI=1S/C17H14BrN3OS/c18-11-5-7-13(8-6-11)23-10-12-9-19-17-20-15-4-2-1-3-14(15)16(22)21(12)17/h1-8,12H,9-10H2,(H,19,20)/t12-/m0/s1. The molecule has 4 rings (SSSR count). The predicted molar refractivity (Wildman–Crippen MR) is 98.4 cm³/mol. The first-order chi connectivity index (χ1) is 11.2. The van der Waals surface area contributed by atoms with Gasteiger partial charge in [-0.3, -0.25) is 9.36 Å². The molecule has 2 heterocycles. The van der Waals surface area contributed by atoms with E-state index < -0.39 is 0 Å². The molecule has 4 nitrogen and oxygen atoms in total. The minimum Gasteiger partial charge on any atom is -0.353 e. The Labute approximate surface area is 146 Å². The highest BCUT2D eigenvalue weighted by molar-refractivity contribution is 9.10. The molecule has 0 radical (unpaired) electrons. The van der Waals surface area contributed by atoms with Crippen LogP contribution in [0.2, 0.25) is 0 Å². The summed E-state index contributed by atoms with van der Waals surface area (Å²) in [6.07, 6.45) is 0. The highest BCUT2D eigenvalue weighted by Gasteiger charge is 2.25. The van der Waals surface area contributed by atoms with E-state index in [2.05, 4.69) is 38.4 Å². The zero-order valence-corrected chi connectivity index (χ0v) is 14.6. The van der Waals surface area contributed by atoms with Gasteiger partial charge >= 0.3 is 0 Å². The van der Waals surface area contributed by atoms with Crippen LogP contribution < -0.4 is 10.9 Å². The lowest BCUT2D eigenvalue weighted by Crippen LogP contribution is -2.24. The SMILES string of the molecule is O=c1c2ccccc2nc2n1[C@H](CSc1ccc(Br)cc1)CN2. The maximum atomic E-state index is 12.8. The van der Waals surface area contributed by atoms with Crippen LogP contribution in [0.4, 0.5) is 5.95 Å². The molecule has 1 aliphatic rings. The second kappa shape index (κ2) is 6.02. The number of hydrogen-bond donors (Lipinski definition) is 1. The topological polar surface area (TPSA) is 46.9 Å². The van der Waals surface area contributed by atoms with E-state index >= 15 is 0 Å². The molecule has 0 bridgehead atoms. The third-order valence-electron chi connectivity index (χ3n) is 3.92. The van der Waals surface area contributed by atoms with Gasteiger partial charge in [0, 0.05) is 21.7 Å². The summed E-state index contributed by atoms with van der Waals surface area (Å²) in [4.78, 5) is 18.5. The van der Waals surface area contributed by atoms with Crippen molar-refractivity contribution in [3.8, 4) is 0 Å². The average Bonchev–Trinajstić information content (AvgIpc) is 2.98. The highest BCUT2D eigenvalue weighted by atomic mass is 79.9. The number of fused-ring (bicyclic) bond motifs is 2. The van der Waals surface area contributed by atoms with E-state index in [4.69, 9.17) is 0 Å². The minimum atomic E-state index is 0.0389. The number of anilines is 1. The van der Waals surface area contributed by atoms with E-state index in [1.165, 1.54) is 4.90 Å². The first-order valence-electron chi connectivity index (χ1n) is 7.36. The van der Waals surface area contributed by atoms with Crippen molar-refractivity contribution < 1.29 is 0 Å². The molecule has 116 valence electrons. The van der Waals surface area contributed by atoms with Gasteiger partial charge in [0.05, 0.1) is 16.9 Å². The van der Waals surface area contributed by atoms with Crippen molar-refractivity contribution in [2.24, 2.45) is 0 Å². The molecule has 23 heavy (non-hydrogen) atoms. The highest BCUT2D eigenvalue weighted by Crippen LogP contribution is 2.28. The number of rotatable bonds is 3. The number of para-hydroxylation sites is 1. The number of benzene rings is 2. The van der Waals surface area contributed by atoms with Crippen molar-refractivity contribution in [3.05, 3.63) is 63.4 Å². The summed E-state index contributed by atoms with van der Waals surface area (Å²) in [6.45, 7) is 0.738. The quantitative estimate of drug-likeness (QED) is 0.691. The molecule has 1 aliphatic heterocycles. The van der Waals surface area contributed by atoms with Gasteiger partial charge < -0.3 is 5.32 Å². The van der Waals surface area contributed by atoms with Crippen LogP contribution in [-0.2, 0) is 0 Å². The third-order valence-corrected chi connectivity index (χ3v) is 5.61. The van der Waals surface area contributed by atoms with Gasteiger partial charge in [-0.15, -0.1) is 11.8 Å². The van der Waals surface area contributed by atoms with Crippen LogP contribution in [-0.4, -0.2) is 21.8 Å². The van der Waals surface area contributed by atoms with Crippen LogP contribution in [0.25, 0.3) is 10.9 Å². The van der Waals surface area contributed by atoms with Crippen LogP contribution in [0.15, 0.2) is 62.7 Å². The fraction of sp³-hybridized carbons (Fsp3) is 0.176. The molecule has 1 atom stereocenters. The molecule has 3 aromatic rings. The Morgan fingerprint density at radius 1 is 1.22 bits per heavy atom. The Balaban J connectivity index is 1.63. The fourth-order valence-corrected chi connectivity index (χ4v) is 4.01. The molecule has 2 aromatic carbocycles. The zero-order valence-electron chi connectivity index (χ0n) is 12.2. The van der Waals surface area contributed by atoms with E-state index in [9.17, 15) is 4.79 Å². The van der Waals surface area contributed by atoms with Crippen LogP contribution in [0.3, 0.4) is 0 Å². The molecule has 0 fully saturated rings. The summed E-state index contributed by atoms with van der Waals surface area (Å²) in [5.41, 5.74) is 0.787. The summed E-state index contributed by atoms with van der Waals surface area (Å²) in [5.74, 6) is 1.51. The van der Waals surface area contributed by atoms with Gasteiger partial charge in [0.15, 0.2) is 0 Å². The Bertz CT molecular complexity index is 923. The maximum absolute atomic E-state index is 12.8. The first-order valence-corrected chi connectivity index (χ1v) is 9.14. The van der Waals surface area contributed by atoms with Crippen molar-refractivity contribution in [2.45, 2.75) is 10.9 Å². The summed E-state index contributed by atoms with van der Waals surface area (Å²) < 4.78 is 2.87. The van der Waals surface area contributed by atoms with Gasteiger partial charge in [0.25, 0.3) is 5.56 Å². The number of thioether (sulfide) groups is 1. The summed E-state index contributed by atoms with van der Waals surface area (Å²) in [6, 6.07) is 15.9. The monoisotopic (exact) mass is 387 g/mol. The molecule has 0 aliphatic carbocycles. The fourth-order valence-electron chi connectivity index (χ4n) is 2.77. The zero-order chi connectivity index (χ0) is 15.8. The van der Waals surface area contributed by atoms with Crippen LogP contribution in [0.1, 0.15) is 6.04 Å². The number of nitrogens with one attached hydrogen (secondary N) is 1. The molecule has 0 amide bonds. The van der Waals surface area contributed by atoms with E-state index in [0.29, 0.717) is 11.3 Å².